The number of halogens is 3. The number of aryl methyl sites for hydroxylation is 2. The molecule has 1 radical (unpaired) electrons. The van der Waals surface area contributed by atoms with Crippen LogP contribution in [-0.4, -0.2) is 16.4 Å². The largest absolute Gasteiger partial charge is 2.00 e. The van der Waals surface area contributed by atoms with Gasteiger partial charge in [0.1, 0.15) is 0 Å². The van der Waals surface area contributed by atoms with E-state index in [1.165, 1.54) is 173 Å². The zero-order valence-corrected chi connectivity index (χ0v) is 36.5. The first-order valence-electron chi connectivity index (χ1n) is 20.9. The maximum Gasteiger partial charge on any atom is 2.00 e. The Morgan fingerprint density at radius 1 is 0.481 bits per heavy atom. The van der Waals surface area contributed by atoms with Crippen molar-refractivity contribution in [3.05, 3.63) is 86.2 Å². The fourth-order valence-electron chi connectivity index (χ4n) is 10.1. The number of hydrogen-bond acceptors (Lipinski definition) is 3. The first kappa shape index (κ1) is 45.0. The Kier molecular flexibility index (Phi) is 17.7. The Hall–Kier alpha value is -1.69. The van der Waals surface area contributed by atoms with Crippen LogP contribution in [0.3, 0.4) is 0 Å². The van der Waals surface area contributed by atoms with Gasteiger partial charge in [-0.3, -0.25) is 9.98 Å². The third kappa shape index (κ3) is 10.8. The molecule has 0 aliphatic heterocycles. The van der Waals surface area contributed by atoms with E-state index in [1.807, 2.05) is 12.1 Å². The van der Waals surface area contributed by atoms with Gasteiger partial charge in [0, 0.05) is 5.02 Å². The number of hydrogen-bond donors (Lipinski definition) is 0. The van der Waals surface area contributed by atoms with Gasteiger partial charge in [-0.2, -0.15) is 0 Å². The number of aliphatic imine (C=N–C) groups is 2. The van der Waals surface area contributed by atoms with Gasteiger partial charge in [-0.1, -0.05) is 124 Å². The molecule has 1 aromatic heterocycles. The Balaban J connectivity index is 0.00000217. The van der Waals surface area contributed by atoms with Gasteiger partial charge in [0.2, 0.25) is 0 Å². The quantitative estimate of drug-likeness (QED) is 0.209. The van der Waals surface area contributed by atoms with Crippen molar-refractivity contribution in [1.29, 1.82) is 0 Å². The minimum absolute atomic E-state index is 0. The predicted molar refractivity (Wildman–Crippen MR) is 219 cm³/mol. The Morgan fingerprint density at radius 2 is 0.741 bits per heavy atom. The van der Waals surface area contributed by atoms with Crippen LogP contribution in [0.4, 0.5) is 11.4 Å². The van der Waals surface area contributed by atoms with E-state index in [4.69, 9.17) is 26.6 Å². The summed E-state index contributed by atoms with van der Waals surface area (Å²) >= 11 is 6.95. The fourth-order valence-corrected chi connectivity index (χ4v) is 10.4. The van der Waals surface area contributed by atoms with Crippen molar-refractivity contribution in [3.8, 4) is 0 Å². The SMILES string of the molecule is CC(=Nc1c(C2CCCCC2)cc(C)cc1C1CCCCC1)c1cc(Cl)cc(C(C)=Nc2c(C3CCCCC3)cc(C)cc2C2CCCCC2)n1.[Cl-].[Cl-].[Co+2]. The molecule has 3 aromatic rings. The third-order valence-electron chi connectivity index (χ3n) is 12.9. The summed E-state index contributed by atoms with van der Waals surface area (Å²) in [5.74, 6) is 2.37. The first-order valence-corrected chi connectivity index (χ1v) is 21.3. The molecule has 295 valence electrons. The molecule has 4 aliphatic carbocycles. The van der Waals surface area contributed by atoms with Gasteiger partial charge >= 0.3 is 16.8 Å². The molecule has 4 saturated carbocycles. The van der Waals surface area contributed by atoms with Gasteiger partial charge in [-0.25, -0.2) is 4.98 Å². The molecule has 0 N–H and O–H groups in total. The summed E-state index contributed by atoms with van der Waals surface area (Å²) in [6, 6.07) is 13.8. The van der Waals surface area contributed by atoms with Crippen LogP contribution in [0.2, 0.25) is 5.02 Å². The summed E-state index contributed by atoms with van der Waals surface area (Å²) in [5.41, 5.74) is 14.8. The molecule has 0 unspecified atom stereocenters. The van der Waals surface area contributed by atoms with E-state index in [0.717, 1.165) is 22.8 Å². The molecule has 0 amide bonds. The van der Waals surface area contributed by atoms with Crippen LogP contribution in [-0.2, 0) is 16.8 Å². The van der Waals surface area contributed by atoms with E-state index < -0.39 is 0 Å². The number of nitrogens with zero attached hydrogens (tertiary/aromatic N) is 3. The molecule has 1 heterocycles. The molecule has 0 spiro atoms. The van der Waals surface area contributed by atoms with Gasteiger partial charge in [-0.05, 0) is 137 Å². The smallest absolute Gasteiger partial charge is 1.00 e. The topological polar surface area (TPSA) is 37.6 Å². The second-order valence-electron chi connectivity index (χ2n) is 16.9. The van der Waals surface area contributed by atoms with Crippen molar-refractivity contribution in [2.45, 2.75) is 180 Å². The molecule has 4 aliphatic rings. The van der Waals surface area contributed by atoms with Crippen molar-refractivity contribution >= 4 is 34.4 Å². The molecule has 0 bridgehead atoms. The van der Waals surface area contributed by atoms with Crippen LogP contribution in [0.5, 0.6) is 0 Å². The van der Waals surface area contributed by atoms with Crippen LogP contribution in [0, 0.1) is 13.8 Å². The molecule has 54 heavy (non-hydrogen) atoms. The van der Waals surface area contributed by atoms with Crippen molar-refractivity contribution in [3.63, 3.8) is 0 Å². The normalized spacial score (nSPS) is 19.8. The average Bonchev–Trinajstić information content (AvgIpc) is 3.17. The molecule has 7 rings (SSSR count). The van der Waals surface area contributed by atoms with E-state index >= 15 is 0 Å². The van der Waals surface area contributed by atoms with E-state index in [-0.39, 0.29) is 41.6 Å². The summed E-state index contributed by atoms with van der Waals surface area (Å²) in [4.78, 5) is 16.4. The van der Waals surface area contributed by atoms with Gasteiger partial charge in [0.25, 0.3) is 0 Å². The van der Waals surface area contributed by atoms with Crippen molar-refractivity contribution in [2.24, 2.45) is 9.98 Å². The maximum atomic E-state index is 6.95. The van der Waals surface area contributed by atoms with E-state index in [0.29, 0.717) is 28.7 Å². The second-order valence-corrected chi connectivity index (χ2v) is 17.3. The monoisotopic (exact) mass is 832 g/mol. The van der Waals surface area contributed by atoms with Gasteiger partial charge in [0.05, 0.1) is 34.2 Å². The standard InChI is InChI=1S/C47H62ClN3.2ClH.Co/c1-31-25-40(35-17-9-5-10-18-35)46(41(26-31)36-19-11-6-12-20-36)49-33(3)44-29-39(48)30-45(51-44)34(4)50-47-42(37-21-13-7-14-22-37)27-32(2)28-43(47)38-23-15-8-16-24-38;;;/h25-30,35-38H,5-24H2,1-4H3;2*1H;/q;;;+2/p-2. The fraction of sp³-hybridized carbons (Fsp3) is 0.596. The summed E-state index contributed by atoms with van der Waals surface area (Å²) in [6.07, 6.45) is 26.2. The van der Waals surface area contributed by atoms with Crippen LogP contribution in [0.1, 0.15) is 211 Å². The van der Waals surface area contributed by atoms with Gasteiger partial charge in [-0.15, -0.1) is 0 Å². The zero-order valence-electron chi connectivity index (χ0n) is 33.2. The number of benzene rings is 2. The Labute approximate surface area is 354 Å². The zero-order chi connectivity index (χ0) is 35.3. The van der Waals surface area contributed by atoms with Crippen molar-refractivity contribution in [1.82, 2.24) is 4.98 Å². The maximum absolute atomic E-state index is 6.95. The summed E-state index contributed by atoms with van der Waals surface area (Å²) in [5, 5.41) is 0.701. The molecule has 2 aromatic carbocycles. The van der Waals surface area contributed by atoms with Crippen molar-refractivity contribution < 1.29 is 41.6 Å². The summed E-state index contributed by atoms with van der Waals surface area (Å²) in [7, 11) is 0. The van der Waals surface area contributed by atoms with E-state index in [9.17, 15) is 0 Å². The molecule has 0 atom stereocenters. The minimum Gasteiger partial charge on any atom is -1.00 e. The number of pyridine rings is 1. The Bertz CT molecular complexity index is 1540. The van der Waals surface area contributed by atoms with Crippen LogP contribution >= 0.6 is 11.6 Å². The number of aromatic nitrogens is 1. The van der Waals surface area contributed by atoms with E-state index in [2.05, 4.69) is 52.0 Å². The minimum atomic E-state index is 0. The van der Waals surface area contributed by atoms with Crippen molar-refractivity contribution in [2.75, 3.05) is 0 Å². The number of rotatable bonds is 8. The second kappa shape index (κ2) is 21.2. The van der Waals surface area contributed by atoms with E-state index in [1.54, 1.807) is 0 Å². The molecular formula is C47H62Cl3CoN3. The average molecular weight is 834 g/mol. The van der Waals surface area contributed by atoms with Crippen LogP contribution in [0.25, 0.3) is 0 Å². The molecule has 3 nitrogen and oxygen atoms in total. The third-order valence-corrected chi connectivity index (χ3v) is 13.1. The molecule has 0 saturated heterocycles. The molecule has 4 fully saturated rings. The van der Waals surface area contributed by atoms with Gasteiger partial charge < -0.3 is 24.8 Å². The van der Waals surface area contributed by atoms with Crippen LogP contribution < -0.4 is 24.8 Å². The summed E-state index contributed by atoms with van der Waals surface area (Å²) < 4.78 is 0. The predicted octanol–water partition coefficient (Wildman–Crippen LogP) is 8.83. The first-order chi connectivity index (χ1) is 24.8. The molecular weight excluding hydrogens is 772 g/mol. The Morgan fingerprint density at radius 3 is 1.00 bits per heavy atom. The van der Waals surface area contributed by atoms with Gasteiger partial charge in [0.15, 0.2) is 0 Å². The van der Waals surface area contributed by atoms with Crippen LogP contribution in [0.15, 0.2) is 46.4 Å². The summed E-state index contributed by atoms with van der Waals surface area (Å²) in [6.45, 7) is 8.87. The molecule has 7 heteroatoms.